The zero-order chi connectivity index (χ0) is 32.3. The number of carboxylic acids is 1. The van der Waals surface area contributed by atoms with Gasteiger partial charge in [0.1, 0.15) is 5.70 Å². The Kier molecular flexibility index (Phi) is 11.2. The van der Waals surface area contributed by atoms with Crippen molar-refractivity contribution in [2.24, 2.45) is 0 Å². The molecule has 0 saturated carbocycles. The lowest BCUT2D eigenvalue weighted by Gasteiger charge is -2.14. The lowest BCUT2D eigenvalue weighted by atomic mass is 10.1. The van der Waals surface area contributed by atoms with Crippen LogP contribution in [0.15, 0.2) is 102 Å². The zero-order valence-electron chi connectivity index (χ0n) is 24.1. The van der Waals surface area contributed by atoms with Crippen molar-refractivity contribution in [2.45, 2.75) is 4.90 Å². The molecule has 0 unspecified atom stereocenters. The third kappa shape index (κ3) is 8.88. The molecule has 0 saturated heterocycles. The highest BCUT2D eigenvalue weighted by atomic mass is 35.5. The monoisotopic (exact) mass is 645 g/mol. The van der Waals surface area contributed by atoms with Gasteiger partial charge in [-0.1, -0.05) is 41.9 Å². The maximum Gasteiger partial charge on any atom is 0.335 e. The highest BCUT2D eigenvalue weighted by molar-refractivity contribution is 8.00. The number of anilines is 2. The summed E-state index contributed by atoms with van der Waals surface area (Å²) < 4.78 is 10.9. The smallest absolute Gasteiger partial charge is 0.335 e. The molecule has 0 aromatic heterocycles. The number of benzene rings is 4. The maximum atomic E-state index is 13.4. The Morgan fingerprint density at radius 3 is 2.24 bits per heavy atom. The van der Waals surface area contributed by atoms with Gasteiger partial charge in [0.25, 0.3) is 11.8 Å². The predicted molar refractivity (Wildman–Crippen MR) is 174 cm³/mol. The number of ether oxygens (including phenoxy) is 2. The number of thioether (sulfide) groups is 1. The first-order chi connectivity index (χ1) is 21.7. The molecule has 0 aliphatic rings. The molecule has 230 valence electrons. The topological polar surface area (TPSA) is 143 Å². The number of rotatable bonds is 12. The second-order valence-corrected chi connectivity index (χ2v) is 10.7. The summed E-state index contributed by atoms with van der Waals surface area (Å²) in [7, 11) is 2.98. The molecule has 0 aliphatic heterocycles. The number of para-hydroxylation sites is 1. The molecule has 0 radical (unpaired) electrons. The predicted octanol–water partition coefficient (Wildman–Crippen LogP) is 6.20. The number of carbonyl (C=O) groups is 4. The zero-order valence-corrected chi connectivity index (χ0v) is 25.7. The number of hydrogen-bond donors (Lipinski definition) is 4. The SMILES string of the molecule is COc1cccc(/C=C(\NC(=O)c2ccccc2)C(=O)Nc2ccc(SCC(=O)Nc3cc(C(=O)O)ccc3Cl)cc2)c1OC. The molecule has 0 spiro atoms. The molecule has 10 nitrogen and oxygen atoms in total. The number of hydrogen-bond acceptors (Lipinski definition) is 7. The van der Waals surface area contributed by atoms with E-state index in [1.54, 1.807) is 72.8 Å². The quantitative estimate of drug-likeness (QED) is 0.105. The van der Waals surface area contributed by atoms with Crippen molar-refractivity contribution in [3.8, 4) is 11.5 Å². The molecule has 0 fully saturated rings. The van der Waals surface area contributed by atoms with Crippen LogP contribution in [0.3, 0.4) is 0 Å². The average molecular weight is 646 g/mol. The first kappa shape index (κ1) is 32.6. The second-order valence-electron chi connectivity index (χ2n) is 9.28. The van der Waals surface area contributed by atoms with E-state index < -0.39 is 17.8 Å². The van der Waals surface area contributed by atoms with Crippen molar-refractivity contribution in [2.75, 3.05) is 30.6 Å². The van der Waals surface area contributed by atoms with Gasteiger partial charge in [0, 0.05) is 21.7 Å². The summed E-state index contributed by atoms with van der Waals surface area (Å²) >= 11 is 7.32. The van der Waals surface area contributed by atoms with Crippen molar-refractivity contribution < 1.29 is 33.8 Å². The van der Waals surface area contributed by atoms with Gasteiger partial charge in [-0.05, 0) is 66.7 Å². The van der Waals surface area contributed by atoms with E-state index in [4.69, 9.17) is 26.2 Å². The first-order valence-corrected chi connectivity index (χ1v) is 14.7. The Balaban J connectivity index is 1.46. The maximum absolute atomic E-state index is 13.4. The average Bonchev–Trinajstić information content (AvgIpc) is 3.05. The minimum atomic E-state index is -1.13. The molecule has 4 rings (SSSR count). The van der Waals surface area contributed by atoms with Gasteiger partial charge in [0.05, 0.1) is 36.2 Å². The summed E-state index contributed by atoms with van der Waals surface area (Å²) in [6.45, 7) is 0. The van der Waals surface area contributed by atoms with Crippen LogP contribution in [0.4, 0.5) is 11.4 Å². The lowest BCUT2D eigenvalue weighted by Crippen LogP contribution is -2.30. The molecule has 3 amide bonds. The van der Waals surface area contributed by atoms with Crippen LogP contribution in [-0.2, 0) is 9.59 Å². The third-order valence-electron chi connectivity index (χ3n) is 6.23. The fourth-order valence-electron chi connectivity index (χ4n) is 4.05. The van der Waals surface area contributed by atoms with Crippen LogP contribution in [0.25, 0.3) is 6.08 Å². The summed E-state index contributed by atoms with van der Waals surface area (Å²) in [6, 6.07) is 24.5. The van der Waals surface area contributed by atoms with E-state index in [0.717, 1.165) is 4.90 Å². The Hall–Kier alpha value is -5.26. The number of aromatic carboxylic acids is 1. The Morgan fingerprint density at radius 1 is 0.844 bits per heavy atom. The Labute approximate surface area is 268 Å². The van der Waals surface area contributed by atoms with E-state index in [1.165, 1.54) is 50.3 Å². The summed E-state index contributed by atoms with van der Waals surface area (Å²) in [5.74, 6) is -1.69. The van der Waals surface area contributed by atoms with Crippen LogP contribution >= 0.6 is 23.4 Å². The molecule has 0 aliphatic carbocycles. The number of nitrogens with one attached hydrogen (secondary N) is 3. The van der Waals surface area contributed by atoms with Crippen molar-refractivity contribution in [1.82, 2.24) is 5.32 Å². The highest BCUT2D eigenvalue weighted by Gasteiger charge is 2.18. The molecule has 0 atom stereocenters. The molecule has 0 bridgehead atoms. The molecule has 12 heteroatoms. The Bertz CT molecular complexity index is 1750. The fourth-order valence-corrected chi connectivity index (χ4v) is 4.91. The summed E-state index contributed by atoms with van der Waals surface area (Å²) in [5.41, 5.74) is 1.50. The van der Waals surface area contributed by atoms with Crippen molar-refractivity contribution in [3.05, 3.63) is 118 Å². The van der Waals surface area contributed by atoms with Gasteiger partial charge in [0.2, 0.25) is 5.91 Å². The van der Waals surface area contributed by atoms with Gasteiger partial charge in [-0.25, -0.2) is 4.79 Å². The molecule has 4 aromatic carbocycles. The molecular formula is C33H28ClN3O7S. The fraction of sp³-hybridized carbons (Fsp3) is 0.0909. The second kappa shape index (κ2) is 15.5. The first-order valence-electron chi connectivity index (χ1n) is 13.3. The summed E-state index contributed by atoms with van der Waals surface area (Å²) in [6.07, 6.45) is 1.50. The lowest BCUT2D eigenvalue weighted by molar-refractivity contribution is -0.114. The third-order valence-corrected chi connectivity index (χ3v) is 7.57. The van der Waals surface area contributed by atoms with E-state index in [1.807, 2.05) is 0 Å². The van der Waals surface area contributed by atoms with E-state index in [2.05, 4.69) is 16.0 Å². The van der Waals surface area contributed by atoms with Crippen LogP contribution in [0, 0.1) is 0 Å². The molecular weight excluding hydrogens is 618 g/mol. The van der Waals surface area contributed by atoms with E-state index in [0.29, 0.717) is 28.3 Å². The number of methoxy groups -OCH3 is 2. The van der Waals surface area contributed by atoms with Crippen LogP contribution in [0.1, 0.15) is 26.3 Å². The van der Waals surface area contributed by atoms with E-state index in [9.17, 15) is 19.2 Å². The number of amides is 3. The number of carboxylic acid groups (broad SMARTS) is 1. The minimum Gasteiger partial charge on any atom is -0.493 e. The summed E-state index contributed by atoms with van der Waals surface area (Å²) in [4.78, 5) is 50.8. The molecule has 0 heterocycles. The van der Waals surface area contributed by atoms with Gasteiger partial charge < -0.3 is 30.5 Å². The van der Waals surface area contributed by atoms with Crippen molar-refractivity contribution in [1.29, 1.82) is 0 Å². The van der Waals surface area contributed by atoms with E-state index >= 15 is 0 Å². The standard InChI is InChI=1S/C33H28ClN3O7S/c1-43-28-10-6-9-21(30(28)44-2)17-27(37-31(39)20-7-4-3-5-8-20)32(40)35-23-12-14-24(15-13-23)45-19-29(38)36-26-18-22(33(41)42)11-16-25(26)34/h3-18H,19H2,1-2H3,(H,35,40)(H,36,38)(H,37,39)(H,41,42)/b27-17-. The summed E-state index contributed by atoms with van der Waals surface area (Å²) in [5, 5.41) is 17.5. The van der Waals surface area contributed by atoms with Crippen molar-refractivity contribution >= 4 is 64.5 Å². The van der Waals surface area contributed by atoms with Gasteiger partial charge in [-0.15, -0.1) is 11.8 Å². The Morgan fingerprint density at radius 2 is 1.58 bits per heavy atom. The molecule has 45 heavy (non-hydrogen) atoms. The normalized spacial score (nSPS) is 10.9. The highest BCUT2D eigenvalue weighted by Crippen LogP contribution is 2.32. The van der Waals surface area contributed by atoms with Crippen LogP contribution < -0.4 is 25.4 Å². The molecule has 4 aromatic rings. The van der Waals surface area contributed by atoms with Crippen molar-refractivity contribution in [3.63, 3.8) is 0 Å². The molecule has 4 N–H and O–H groups in total. The van der Waals surface area contributed by atoms with Crippen LogP contribution in [0.5, 0.6) is 11.5 Å². The van der Waals surface area contributed by atoms with Crippen LogP contribution in [0.2, 0.25) is 5.02 Å². The van der Waals surface area contributed by atoms with E-state index in [-0.39, 0.29) is 33.6 Å². The largest absolute Gasteiger partial charge is 0.493 e. The van der Waals surface area contributed by atoms with Gasteiger partial charge in [-0.3, -0.25) is 14.4 Å². The van der Waals surface area contributed by atoms with Gasteiger partial charge in [0.15, 0.2) is 11.5 Å². The van der Waals surface area contributed by atoms with Crippen LogP contribution in [-0.4, -0.2) is 48.8 Å². The van der Waals surface area contributed by atoms with Gasteiger partial charge in [-0.2, -0.15) is 0 Å². The number of carbonyl (C=O) groups excluding carboxylic acids is 3. The minimum absolute atomic E-state index is 0.000236. The number of halogens is 1. The van der Waals surface area contributed by atoms with Gasteiger partial charge >= 0.3 is 5.97 Å².